The Morgan fingerprint density at radius 2 is 2.00 bits per heavy atom. The third-order valence-electron chi connectivity index (χ3n) is 2.82. The lowest BCUT2D eigenvalue weighted by molar-refractivity contribution is -0.140. The number of nitriles is 1. The van der Waals surface area contributed by atoms with Crippen molar-refractivity contribution in [2.45, 2.75) is 20.4 Å². The summed E-state index contributed by atoms with van der Waals surface area (Å²) in [4.78, 5) is 20.1. The summed E-state index contributed by atoms with van der Waals surface area (Å²) in [6.07, 6.45) is 5.01. The summed E-state index contributed by atoms with van der Waals surface area (Å²) in [5.41, 5.74) is 0.716. The van der Waals surface area contributed by atoms with Gasteiger partial charge in [-0.3, -0.25) is 0 Å². The van der Waals surface area contributed by atoms with Gasteiger partial charge < -0.3 is 19.5 Å². The fourth-order valence-corrected chi connectivity index (χ4v) is 2.23. The van der Waals surface area contributed by atoms with Crippen LogP contribution in [-0.4, -0.2) is 48.6 Å². The number of carbonyl (C=O) groups excluding carboxylic acids is 1. The first-order chi connectivity index (χ1) is 12.2. The monoisotopic (exact) mass is 366 g/mol. The third-order valence-corrected chi connectivity index (χ3v) is 3.58. The number of aromatic nitrogens is 2. The first kappa shape index (κ1) is 20.7. The van der Waals surface area contributed by atoms with Crippen molar-refractivity contribution >= 4 is 17.7 Å². The molecule has 1 aromatic heterocycles. The van der Waals surface area contributed by atoms with Crippen LogP contribution < -0.4 is 10.1 Å². The summed E-state index contributed by atoms with van der Waals surface area (Å²) >= 11 is 1.25. The maximum absolute atomic E-state index is 12.0. The minimum Gasteiger partial charge on any atom is -0.464 e. The van der Waals surface area contributed by atoms with Gasteiger partial charge in [-0.05, 0) is 20.1 Å². The van der Waals surface area contributed by atoms with Crippen molar-refractivity contribution in [2.24, 2.45) is 0 Å². The number of thioether (sulfide) groups is 1. The molecule has 0 fully saturated rings. The fourth-order valence-electron chi connectivity index (χ4n) is 1.68. The maximum Gasteiger partial charge on any atom is 0.351 e. The first-order valence-electron chi connectivity index (χ1n) is 7.77. The SMILES string of the molecule is CCOCCOC(=O)/C(C#N)=C(\NCc1cnc(OCC)nc1)SC. The summed E-state index contributed by atoms with van der Waals surface area (Å²) in [5, 5.41) is 12.7. The zero-order valence-electron chi connectivity index (χ0n) is 14.6. The van der Waals surface area contributed by atoms with Crippen molar-refractivity contribution in [1.29, 1.82) is 5.26 Å². The Hall–Kier alpha value is -2.31. The summed E-state index contributed by atoms with van der Waals surface area (Å²) in [7, 11) is 0. The lowest BCUT2D eigenvalue weighted by Gasteiger charge is -2.11. The van der Waals surface area contributed by atoms with Crippen LogP contribution in [0.1, 0.15) is 19.4 Å². The van der Waals surface area contributed by atoms with Crippen LogP contribution in [0.3, 0.4) is 0 Å². The molecule has 136 valence electrons. The predicted octanol–water partition coefficient (Wildman–Crippen LogP) is 1.64. The average molecular weight is 366 g/mol. The number of hydrogen-bond donors (Lipinski definition) is 1. The topological polar surface area (TPSA) is 106 Å². The molecule has 9 heteroatoms. The van der Waals surface area contributed by atoms with E-state index >= 15 is 0 Å². The molecule has 0 unspecified atom stereocenters. The largest absolute Gasteiger partial charge is 0.464 e. The second-order valence-corrected chi connectivity index (χ2v) is 5.33. The molecule has 1 N–H and O–H groups in total. The number of esters is 1. The van der Waals surface area contributed by atoms with Gasteiger partial charge in [0.2, 0.25) is 0 Å². The van der Waals surface area contributed by atoms with Crippen LogP contribution in [0.5, 0.6) is 6.01 Å². The number of ether oxygens (including phenoxy) is 3. The molecule has 0 saturated carbocycles. The molecule has 0 saturated heterocycles. The van der Waals surface area contributed by atoms with Crippen LogP contribution >= 0.6 is 11.8 Å². The van der Waals surface area contributed by atoms with Gasteiger partial charge in [-0.25, -0.2) is 14.8 Å². The smallest absolute Gasteiger partial charge is 0.351 e. The van der Waals surface area contributed by atoms with Crippen molar-refractivity contribution in [2.75, 3.05) is 32.7 Å². The molecule has 0 atom stereocenters. The molecule has 0 aliphatic carbocycles. The second-order valence-electron chi connectivity index (χ2n) is 4.51. The molecular formula is C16H22N4O4S. The fraction of sp³-hybridized carbons (Fsp3) is 0.500. The Kier molecular flexibility index (Phi) is 10.0. The Balaban J connectivity index is 2.68. The molecule has 1 rings (SSSR count). The molecule has 0 bridgehead atoms. The Bertz CT molecular complexity index is 614. The minimum absolute atomic E-state index is 0.0733. The molecule has 1 aromatic rings. The lowest BCUT2D eigenvalue weighted by atomic mass is 10.3. The Labute approximate surface area is 151 Å². The lowest BCUT2D eigenvalue weighted by Crippen LogP contribution is -2.19. The van der Waals surface area contributed by atoms with E-state index in [-0.39, 0.29) is 12.2 Å². The van der Waals surface area contributed by atoms with E-state index in [0.29, 0.717) is 37.4 Å². The van der Waals surface area contributed by atoms with Crippen LogP contribution in [0.4, 0.5) is 0 Å². The molecule has 0 aromatic carbocycles. The highest BCUT2D eigenvalue weighted by atomic mass is 32.2. The van der Waals surface area contributed by atoms with Crippen LogP contribution in [0.15, 0.2) is 23.0 Å². The second kappa shape index (κ2) is 12.1. The number of hydrogen-bond acceptors (Lipinski definition) is 9. The zero-order chi connectivity index (χ0) is 18.5. The van der Waals surface area contributed by atoms with Gasteiger partial charge in [-0.2, -0.15) is 5.26 Å². The standard InChI is InChI=1S/C16H22N4O4S/c1-4-22-6-7-24-15(21)13(8-17)14(25-3)18-9-12-10-19-16(20-11-12)23-5-2/h10-11,18H,4-7,9H2,1-3H3/b14-13+. The van der Waals surface area contributed by atoms with Crippen LogP contribution in [-0.2, 0) is 20.8 Å². The van der Waals surface area contributed by atoms with E-state index in [2.05, 4.69) is 15.3 Å². The van der Waals surface area contributed by atoms with Gasteiger partial charge in [0.1, 0.15) is 12.7 Å². The van der Waals surface area contributed by atoms with Crippen molar-refractivity contribution in [1.82, 2.24) is 15.3 Å². The maximum atomic E-state index is 12.0. The van der Waals surface area contributed by atoms with Crippen molar-refractivity contribution in [3.63, 3.8) is 0 Å². The number of rotatable bonds is 11. The summed E-state index contributed by atoms with van der Waals surface area (Å²) in [6, 6.07) is 2.19. The van der Waals surface area contributed by atoms with Crippen molar-refractivity contribution in [3.8, 4) is 12.1 Å². The number of carbonyl (C=O) groups is 1. The van der Waals surface area contributed by atoms with Crippen LogP contribution in [0.2, 0.25) is 0 Å². The third kappa shape index (κ3) is 7.41. The van der Waals surface area contributed by atoms with E-state index in [0.717, 1.165) is 5.56 Å². The summed E-state index contributed by atoms with van der Waals surface area (Å²) in [5.74, 6) is -0.679. The summed E-state index contributed by atoms with van der Waals surface area (Å²) < 4.78 is 15.3. The number of nitrogens with one attached hydrogen (secondary N) is 1. The first-order valence-corrected chi connectivity index (χ1v) is 8.99. The van der Waals surface area contributed by atoms with Gasteiger partial charge in [-0.1, -0.05) is 0 Å². The minimum atomic E-state index is -0.679. The van der Waals surface area contributed by atoms with Crippen molar-refractivity contribution < 1.29 is 19.0 Å². The molecule has 0 amide bonds. The molecule has 0 aliphatic rings. The number of nitrogens with zero attached hydrogens (tertiary/aromatic N) is 3. The molecule has 0 radical (unpaired) electrons. The van der Waals surface area contributed by atoms with Gasteiger partial charge in [-0.15, -0.1) is 11.8 Å². The molecule has 25 heavy (non-hydrogen) atoms. The van der Waals surface area contributed by atoms with Gasteiger partial charge in [0.25, 0.3) is 0 Å². The van der Waals surface area contributed by atoms with Crippen molar-refractivity contribution in [3.05, 3.63) is 28.6 Å². The zero-order valence-corrected chi connectivity index (χ0v) is 15.4. The normalized spacial score (nSPS) is 11.3. The highest BCUT2D eigenvalue weighted by Crippen LogP contribution is 2.16. The molecule has 0 aliphatic heterocycles. The molecule has 0 spiro atoms. The van der Waals surface area contributed by atoms with Gasteiger partial charge in [0.05, 0.1) is 18.2 Å². The molecule has 1 heterocycles. The van der Waals surface area contributed by atoms with E-state index in [9.17, 15) is 10.1 Å². The highest BCUT2D eigenvalue weighted by Gasteiger charge is 2.16. The molecule has 8 nitrogen and oxygen atoms in total. The van der Waals surface area contributed by atoms with E-state index in [1.165, 1.54) is 11.8 Å². The average Bonchev–Trinajstić information content (AvgIpc) is 2.63. The van der Waals surface area contributed by atoms with Gasteiger partial charge >= 0.3 is 12.0 Å². The molecular weight excluding hydrogens is 344 g/mol. The van der Waals surface area contributed by atoms with Gasteiger partial charge in [0, 0.05) is 31.1 Å². The quantitative estimate of drug-likeness (QED) is 0.271. The van der Waals surface area contributed by atoms with E-state index in [4.69, 9.17) is 14.2 Å². The Morgan fingerprint density at radius 3 is 2.56 bits per heavy atom. The van der Waals surface area contributed by atoms with E-state index < -0.39 is 5.97 Å². The van der Waals surface area contributed by atoms with Crippen LogP contribution in [0, 0.1) is 11.3 Å². The Morgan fingerprint density at radius 1 is 1.28 bits per heavy atom. The van der Waals surface area contributed by atoms with E-state index in [1.807, 2.05) is 19.9 Å². The van der Waals surface area contributed by atoms with Gasteiger partial charge in [0.15, 0.2) is 5.57 Å². The van der Waals surface area contributed by atoms with E-state index in [1.54, 1.807) is 18.6 Å². The highest BCUT2D eigenvalue weighted by molar-refractivity contribution is 8.02. The summed E-state index contributed by atoms with van der Waals surface area (Å²) in [6.45, 7) is 5.50. The van der Waals surface area contributed by atoms with Crippen LogP contribution in [0.25, 0.3) is 0 Å². The predicted molar refractivity (Wildman–Crippen MR) is 93.6 cm³/mol.